The molecule has 2 N–H and O–H groups in total. The largest absolute Gasteiger partial charge is 0.484 e. The van der Waals surface area contributed by atoms with E-state index in [1.807, 2.05) is 16.8 Å². The Bertz CT molecular complexity index is 539. The molecule has 0 bridgehead atoms. The first-order valence-electron chi connectivity index (χ1n) is 5.64. The van der Waals surface area contributed by atoms with Gasteiger partial charge in [-0.25, -0.2) is 9.67 Å². The van der Waals surface area contributed by atoms with Crippen molar-refractivity contribution in [2.45, 2.75) is 26.5 Å². The van der Waals surface area contributed by atoms with E-state index >= 15 is 0 Å². The maximum atomic E-state index is 5.72. The summed E-state index contributed by atoms with van der Waals surface area (Å²) in [6.07, 6.45) is 1.53. The molecule has 0 atom stereocenters. The minimum atomic E-state index is 0.260. The number of ether oxygens (including phenoxy) is 1. The number of halogens is 1. The minimum absolute atomic E-state index is 0.260. The van der Waals surface area contributed by atoms with Gasteiger partial charge in [0.05, 0.1) is 4.47 Å². The number of rotatable bonds is 4. The van der Waals surface area contributed by atoms with Gasteiger partial charge in [-0.2, -0.15) is 5.10 Å². The molecule has 0 aliphatic rings. The fourth-order valence-corrected chi connectivity index (χ4v) is 1.94. The highest BCUT2D eigenvalue weighted by Crippen LogP contribution is 2.27. The van der Waals surface area contributed by atoms with Crippen molar-refractivity contribution < 1.29 is 4.74 Å². The highest BCUT2D eigenvalue weighted by atomic mass is 79.9. The number of benzene rings is 1. The molecule has 2 rings (SSSR count). The van der Waals surface area contributed by atoms with Crippen molar-refractivity contribution in [3.63, 3.8) is 0 Å². The standard InChI is InChI=1S/C12H15BrN4O/c1-8(2)17-12(15-7-16-17)6-18-11-5-9(14)3-4-10(11)13/h3-5,7-8H,6,14H2,1-2H3. The molecule has 0 fully saturated rings. The van der Waals surface area contributed by atoms with Gasteiger partial charge in [0.1, 0.15) is 18.7 Å². The molecule has 96 valence electrons. The number of hydrogen-bond donors (Lipinski definition) is 1. The van der Waals surface area contributed by atoms with Crippen LogP contribution in [0.3, 0.4) is 0 Å². The Morgan fingerprint density at radius 1 is 1.44 bits per heavy atom. The molecule has 18 heavy (non-hydrogen) atoms. The van der Waals surface area contributed by atoms with Gasteiger partial charge >= 0.3 is 0 Å². The van der Waals surface area contributed by atoms with Gasteiger partial charge in [-0.15, -0.1) is 0 Å². The van der Waals surface area contributed by atoms with E-state index < -0.39 is 0 Å². The molecule has 0 amide bonds. The molecular formula is C12H15BrN4O. The first-order valence-corrected chi connectivity index (χ1v) is 6.43. The molecule has 0 saturated carbocycles. The highest BCUT2D eigenvalue weighted by molar-refractivity contribution is 9.10. The average Bonchev–Trinajstić information content (AvgIpc) is 2.79. The average molecular weight is 311 g/mol. The van der Waals surface area contributed by atoms with E-state index in [1.165, 1.54) is 6.33 Å². The van der Waals surface area contributed by atoms with Crippen LogP contribution in [0.15, 0.2) is 29.0 Å². The van der Waals surface area contributed by atoms with Gasteiger partial charge in [-0.1, -0.05) is 0 Å². The van der Waals surface area contributed by atoms with Crippen molar-refractivity contribution in [2.75, 3.05) is 5.73 Å². The third-order valence-corrected chi connectivity index (χ3v) is 3.10. The number of nitrogens with zero attached hydrogens (tertiary/aromatic N) is 3. The van der Waals surface area contributed by atoms with Gasteiger partial charge in [0, 0.05) is 17.8 Å². The normalized spacial score (nSPS) is 10.9. The molecule has 0 radical (unpaired) electrons. The van der Waals surface area contributed by atoms with Gasteiger partial charge in [-0.05, 0) is 41.9 Å². The molecule has 0 spiro atoms. The number of hydrogen-bond acceptors (Lipinski definition) is 4. The van der Waals surface area contributed by atoms with Crippen molar-refractivity contribution in [1.29, 1.82) is 0 Å². The van der Waals surface area contributed by atoms with E-state index in [4.69, 9.17) is 10.5 Å². The van der Waals surface area contributed by atoms with Crippen LogP contribution in [-0.4, -0.2) is 14.8 Å². The summed E-state index contributed by atoms with van der Waals surface area (Å²) in [5.41, 5.74) is 6.39. The summed E-state index contributed by atoms with van der Waals surface area (Å²) in [6, 6.07) is 5.71. The summed E-state index contributed by atoms with van der Waals surface area (Å²) in [4.78, 5) is 4.18. The van der Waals surface area contributed by atoms with Crippen molar-refractivity contribution in [3.05, 3.63) is 34.8 Å². The first kappa shape index (κ1) is 12.9. The second-order valence-electron chi connectivity index (χ2n) is 4.19. The number of aromatic nitrogens is 3. The summed E-state index contributed by atoms with van der Waals surface area (Å²) in [5.74, 6) is 1.49. The van der Waals surface area contributed by atoms with Crippen LogP contribution in [-0.2, 0) is 6.61 Å². The molecule has 0 aliphatic carbocycles. The monoisotopic (exact) mass is 310 g/mol. The van der Waals surface area contributed by atoms with Crippen molar-refractivity contribution in [2.24, 2.45) is 0 Å². The number of anilines is 1. The van der Waals surface area contributed by atoms with E-state index in [1.54, 1.807) is 6.07 Å². The quantitative estimate of drug-likeness (QED) is 0.882. The molecule has 1 heterocycles. The fourth-order valence-electron chi connectivity index (χ4n) is 1.58. The molecule has 2 aromatic rings. The minimum Gasteiger partial charge on any atom is -0.484 e. The maximum Gasteiger partial charge on any atom is 0.165 e. The first-order chi connectivity index (χ1) is 8.58. The molecular weight excluding hydrogens is 296 g/mol. The van der Waals surface area contributed by atoms with Gasteiger partial charge in [0.15, 0.2) is 5.82 Å². The Balaban J connectivity index is 2.11. The second-order valence-corrected chi connectivity index (χ2v) is 5.05. The van der Waals surface area contributed by atoms with Crippen LogP contribution in [0.25, 0.3) is 0 Å². The van der Waals surface area contributed by atoms with E-state index in [9.17, 15) is 0 Å². The van der Waals surface area contributed by atoms with Crippen molar-refractivity contribution in [1.82, 2.24) is 14.8 Å². The summed E-state index contributed by atoms with van der Waals surface area (Å²) < 4.78 is 8.40. The lowest BCUT2D eigenvalue weighted by atomic mass is 10.3. The van der Waals surface area contributed by atoms with Crippen LogP contribution in [0.5, 0.6) is 5.75 Å². The molecule has 1 aromatic heterocycles. The second kappa shape index (κ2) is 5.39. The van der Waals surface area contributed by atoms with Crippen LogP contribution < -0.4 is 10.5 Å². The Morgan fingerprint density at radius 2 is 2.22 bits per heavy atom. The third-order valence-electron chi connectivity index (χ3n) is 2.45. The number of nitrogens with two attached hydrogens (primary N) is 1. The summed E-state index contributed by atoms with van der Waals surface area (Å²) in [7, 11) is 0. The van der Waals surface area contributed by atoms with Crippen LogP contribution in [0.1, 0.15) is 25.7 Å². The Morgan fingerprint density at radius 3 is 2.94 bits per heavy atom. The maximum absolute atomic E-state index is 5.72. The third kappa shape index (κ3) is 2.81. The van der Waals surface area contributed by atoms with Crippen LogP contribution in [0.4, 0.5) is 5.69 Å². The van der Waals surface area contributed by atoms with Crippen molar-refractivity contribution >= 4 is 21.6 Å². The van der Waals surface area contributed by atoms with Crippen LogP contribution in [0, 0.1) is 0 Å². The Hall–Kier alpha value is -1.56. The molecule has 0 unspecified atom stereocenters. The fraction of sp³-hybridized carbons (Fsp3) is 0.333. The van der Waals surface area contributed by atoms with Crippen molar-refractivity contribution in [3.8, 4) is 5.75 Å². The zero-order valence-electron chi connectivity index (χ0n) is 10.3. The van der Waals surface area contributed by atoms with Gasteiger partial charge in [0.25, 0.3) is 0 Å². The smallest absolute Gasteiger partial charge is 0.165 e. The lowest BCUT2D eigenvalue weighted by Gasteiger charge is -2.11. The van der Waals surface area contributed by atoms with E-state index in [0.29, 0.717) is 18.0 Å². The highest BCUT2D eigenvalue weighted by Gasteiger charge is 2.09. The number of nitrogen functional groups attached to an aromatic ring is 1. The zero-order chi connectivity index (χ0) is 13.1. The molecule has 0 aliphatic heterocycles. The summed E-state index contributed by atoms with van der Waals surface area (Å²) in [5, 5.41) is 4.16. The lowest BCUT2D eigenvalue weighted by molar-refractivity contribution is 0.281. The zero-order valence-corrected chi connectivity index (χ0v) is 11.9. The Labute approximate surface area is 114 Å². The molecule has 5 nitrogen and oxygen atoms in total. The van der Waals surface area contributed by atoms with Gasteiger partial charge < -0.3 is 10.5 Å². The van der Waals surface area contributed by atoms with Crippen LogP contribution in [0.2, 0.25) is 0 Å². The SMILES string of the molecule is CC(C)n1ncnc1COc1cc(N)ccc1Br. The van der Waals surface area contributed by atoms with E-state index in [2.05, 4.69) is 39.9 Å². The van der Waals surface area contributed by atoms with Gasteiger partial charge in [0.2, 0.25) is 0 Å². The molecule has 6 heteroatoms. The van der Waals surface area contributed by atoms with Crippen LogP contribution >= 0.6 is 15.9 Å². The Kier molecular flexibility index (Phi) is 3.86. The van der Waals surface area contributed by atoms with E-state index in [0.717, 1.165) is 10.3 Å². The van der Waals surface area contributed by atoms with Gasteiger partial charge in [-0.3, -0.25) is 0 Å². The molecule has 1 aromatic carbocycles. The predicted molar refractivity (Wildman–Crippen MR) is 73.3 cm³/mol. The lowest BCUT2D eigenvalue weighted by Crippen LogP contribution is -2.10. The topological polar surface area (TPSA) is 66.0 Å². The molecule has 0 saturated heterocycles. The summed E-state index contributed by atoms with van der Waals surface area (Å²) >= 11 is 3.42. The van der Waals surface area contributed by atoms with E-state index in [-0.39, 0.29) is 6.04 Å². The predicted octanol–water partition coefficient (Wildman–Crippen LogP) is 2.78. The summed E-state index contributed by atoms with van der Waals surface area (Å²) in [6.45, 7) is 4.46.